The molecule has 22 heavy (non-hydrogen) atoms. The topological polar surface area (TPSA) is 66.5 Å². The molecule has 0 unspecified atom stereocenters. The predicted molar refractivity (Wildman–Crippen MR) is 86.7 cm³/mol. The molecule has 0 aromatic heterocycles. The van der Waals surface area contributed by atoms with Gasteiger partial charge in [-0.1, -0.05) is 12.1 Å². The molecule has 6 heteroatoms. The van der Waals surface area contributed by atoms with Crippen molar-refractivity contribution in [2.24, 2.45) is 0 Å². The van der Waals surface area contributed by atoms with Gasteiger partial charge in [-0.2, -0.15) is 0 Å². The molecular weight excluding hydrogens is 300 g/mol. The number of hydrogen-bond acceptors (Lipinski definition) is 4. The molecule has 1 amide bonds. The Hall–Kier alpha value is -1.40. The number of benzene rings is 1. The van der Waals surface area contributed by atoms with Gasteiger partial charge >= 0.3 is 0 Å². The molecule has 1 heterocycles. The van der Waals surface area contributed by atoms with Crippen LogP contribution in [0.25, 0.3) is 0 Å². The third kappa shape index (κ3) is 3.33. The summed E-state index contributed by atoms with van der Waals surface area (Å²) >= 11 is 0. The van der Waals surface area contributed by atoms with Gasteiger partial charge in [0.25, 0.3) is 5.91 Å². The lowest BCUT2D eigenvalue weighted by Crippen LogP contribution is -2.56. The van der Waals surface area contributed by atoms with Crippen molar-refractivity contribution in [3.8, 4) is 0 Å². The van der Waals surface area contributed by atoms with Crippen LogP contribution < -0.4 is 5.32 Å². The van der Waals surface area contributed by atoms with Crippen LogP contribution in [0.1, 0.15) is 38.1 Å². The molecule has 1 saturated heterocycles. The van der Waals surface area contributed by atoms with Crippen LogP contribution in [0.3, 0.4) is 0 Å². The van der Waals surface area contributed by atoms with Crippen LogP contribution in [0.2, 0.25) is 0 Å². The highest BCUT2D eigenvalue weighted by Gasteiger charge is 2.30. The maximum absolute atomic E-state index is 12.8. The van der Waals surface area contributed by atoms with Gasteiger partial charge in [0.05, 0.1) is 15.7 Å². The lowest BCUT2D eigenvalue weighted by Gasteiger charge is -2.36. The summed E-state index contributed by atoms with van der Waals surface area (Å²) in [6, 6.07) is 6.90. The minimum absolute atomic E-state index is 0.133. The summed E-state index contributed by atoms with van der Waals surface area (Å²) in [5, 5.41) is 2.81. The lowest BCUT2D eigenvalue weighted by atomic mass is 10.1. The van der Waals surface area contributed by atoms with E-state index in [1.54, 1.807) is 36.9 Å². The number of nitrogens with zero attached hydrogens (tertiary/aromatic N) is 1. The van der Waals surface area contributed by atoms with E-state index in [0.29, 0.717) is 13.1 Å². The summed E-state index contributed by atoms with van der Waals surface area (Å²) in [4.78, 5) is 14.7. The second kappa shape index (κ2) is 6.38. The Labute approximate surface area is 132 Å². The van der Waals surface area contributed by atoms with Crippen molar-refractivity contribution >= 4 is 15.7 Å². The molecule has 1 aliphatic rings. The van der Waals surface area contributed by atoms with E-state index >= 15 is 0 Å². The van der Waals surface area contributed by atoms with Crippen molar-refractivity contribution in [1.82, 2.24) is 10.2 Å². The Morgan fingerprint density at radius 3 is 2.27 bits per heavy atom. The molecule has 2 atom stereocenters. The molecule has 1 N–H and O–H groups in total. The third-order valence-electron chi connectivity index (χ3n) is 3.89. The van der Waals surface area contributed by atoms with E-state index in [-0.39, 0.29) is 28.4 Å². The van der Waals surface area contributed by atoms with E-state index in [1.807, 2.05) is 13.8 Å². The van der Waals surface area contributed by atoms with Gasteiger partial charge in [-0.3, -0.25) is 4.79 Å². The van der Waals surface area contributed by atoms with Crippen LogP contribution >= 0.6 is 0 Å². The first-order valence-electron chi connectivity index (χ1n) is 7.61. The summed E-state index contributed by atoms with van der Waals surface area (Å²) in [7, 11) is -3.48. The van der Waals surface area contributed by atoms with Gasteiger partial charge in [-0.25, -0.2) is 8.42 Å². The fraction of sp³-hybridized carbons (Fsp3) is 0.562. The van der Waals surface area contributed by atoms with Crippen LogP contribution in [0.4, 0.5) is 0 Å². The minimum atomic E-state index is -3.48. The number of carbonyl (C=O) groups excluding carboxylic acids is 1. The number of piperazine rings is 1. The van der Waals surface area contributed by atoms with Gasteiger partial charge < -0.3 is 10.2 Å². The van der Waals surface area contributed by atoms with Crippen molar-refractivity contribution in [1.29, 1.82) is 0 Å². The Kier molecular flexibility index (Phi) is 4.92. The first kappa shape index (κ1) is 17.0. The first-order valence-corrected chi connectivity index (χ1v) is 9.16. The van der Waals surface area contributed by atoms with E-state index in [9.17, 15) is 13.2 Å². The van der Waals surface area contributed by atoms with Crippen LogP contribution in [0, 0.1) is 0 Å². The summed E-state index contributed by atoms with van der Waals surface area (Å²) in [5.74, 6) is -0.208. The number of hydrogen-bond donors (Lipinski definition) is 1. The van der Waals surface area contributed by atoms with Crippen molar-refractivity contribution in [2.75, 3.05) is 13.1 Å². The molecule has 0 aliphatic carbocycles. The van der Waals surface area contributed by atoms with Gasteiger partial charge in [0.2, 0.25) is 0 Å². The Morgan fingerprint density at radius 1 is 1.18 bits per heavy atom. The molecule has 1 aliphatic heterocycles. The van der Waals surface area contributed by atoms with Gasteiger partial charge in [-0.15, -0.1) is 0 Å². The zero-order chi connectivity index (χ0) is 16.5. The summed E-state index contributed by atoms with van der Waals surface area (Å²) in [6.45, 7) is 8.47. The van der Waals surface area contributed by atoms with Gasteiger partial charge in [0.1, 0.15) is 0 Å². The van der Waals surface area contributed by atoms with Gasteiger partial charge in [0.15, 0.2) is 9.84 Å². The highest BCUT2D eigenvalue weighted by molar-refractivity contribution is 7.92. The molecule has 0 radical (unpaired) electrons. The molecule has 1 aromatic rings. The fourth-order valence-electron chi connectivity index (χ4n) is 2.81. The number of amides is 1. The third-order valence-corrected chi connectivity index (χ3v) is 6.10. The normalized spacial score (nSPS) is 22.9. The van der Waals surface area contributed by atoms with Crippen molar-refractivity contribution in [3.63, 3.8) is 0 Å². The zero-order valence-corrected chi connectivity index (χ0v) is 14.4. The molecule has 0 spiro atoms. The largest absolute Gasteiger partial charge is 0.336 e. The Bertz CT molecular complexity index is 645. The highest BCUT2D eigenvalue weighted by atomic mass is 32.2. The van der Waals surface area contributed by atoms with Gasteiger partial charge in [0, 0.05) is 25.2 Å². The smallest absolute Gasteiger partial charge is 0.255 e. The molecule has 0 saturated carbocycles. The average Bonchev–Trinajstić information content (AvgIpc) is 2.45. The quantitative estimate of drug-likeness (QED) is 0.919. The van der Waals surface area contributed by atoms with Crippen molar-refractivity contribution in [2.45, 2.75) is 49.9 Å². The molecule has 0 bridgehead atoms. The monoisotopic (exact) mass is 324 g/mol. The molecule has 122 valence electrons. The standard InChI is InChI=1S/C16H24N2O3S/c1-11(2)22(20,21)15-8-6-5-7-14(15)16(19)18-9-12(3)17-13(4)10-18/h5-8,11-13,17H,9-10H2,1-4H3/t12-,13-/m0/s1. The summed E-state index contributed by atoms with van der Waals surface area (Å²) in [5.41, 5.74) is 0.275. The summed E-state index contributed by atoms with van der Waals surface area (Å²) in [6.07, 6.45) is 0. The molecular formula is C16H24N2O3S. The Balaban J connectivity index is 2.39. The van der Waals surface area contributed by atoms with Crippen LogP contribution in [-0.4, -0.2) is 49.6 Å². The SMILES string of the molecule is CC(C)S(=O)(=O)c1ccccc1C(=O)N1C[C@H](C)N[C@@H](C)C1. The fourth-order valence-corrected chi connectivity index (χ4v) is 4.05. The van der Waals surface area contributed by atoms with E-state index < -0.39 is 15.1 Å². The first-order chi connectivity index (χ1) is 10.2. The van der Waals surface area contributed by atoms with E-state index in [4.69, 9.17) is 0 Å². The second-order valence-electron chi connectivity index (χ2n) is 6.27. The summed E-state index contributed by atoms with van der Waals surface area (Å²) < 4.78 is 25.0. The second-order valence-corrected chi connectivity index (χ2v) is 8.74. The Morgan fingerprint density at radius 2 is 1.73 bits per heavy atom. The minimum Gasteiger partial charge on any atom is -0.336 e. The number of rotatable bonds is 3. The van der Waals surface area contributed by atoms with E-state index in [0.717, 1.165) is 0 Å². The van der Waals surface area contributed by atoms with Gasteiger partial charge in [-0.05, 0) is 39.8 Å². The predicted octanol–water partition coefficient (Wildman–Crippen LogP) is 1.69. The van der Waals surface area contributed by atoms with E-state index in [2.05, 4.69) is 5.32 Å². The number of nitrogens with one attached hydrogen (secondary N) is 1. The molecule has 5 nitrogen and oxygen atoms in total. The lowest BCUT2D eigenvalue weighted by molar-refractivity contribution is 0.0670. The van der Waals surface area contributed by atoms with Crippen LogP contribution in [0.5, 0.6) is 0 Å². The highest BCUT2D eigenvalue weighted by Crippen LogP contribution is 2.22. The zero-order valence-electron chi connectivity index (χ0n) is 13.5. The van der Waals surface area contributed by atoms with E-state index in [1.165, 1.54) is 6.07 Å². The van der Waals surface area contributed by atoms with Crippen LogP contribution in [-0.2, 0) is 9.84 Å². The van der Waals surface area contributed by atoms with Crippen molar-refractivity contribution < 1.29 is 13.2 Å². The van der Waals surface area contributed by atoms with Crippen molar-refractivity contribution in [3.05, 3.63) is 29.8 Å². The number of carbonyl (C=O) groups is 1. The average molecular weight is 324 g/mol. The van der Waals surface area contributed by atoms with Crippen LogP contribution in [0.15, 0.2) is 29.2 Å². The molecule has 2 rings (SSSR count). The molecule has 1 fully saturated rings. The maximum Gasteiger partial charge on any atom is 0.255 e. The maximum atomic E-state index is 12.8. The molecule has 1 aromatic carbocycles. The number of sulfone groups is 1.